The van der Waals surface area contributed by atoms with Crippen LogP contribution in [0.4, 0.5) is 0 Å². The number of hydrogen-bond acceptors (Lipinski definition) is 7. The Morgan fingerprint density at radius 3 is 2.41 bits per heavy atom. The molecule has 0 aromatic heterocycles. The molecule has 2 unspecified atom stereocenters. The predicted molar refractivity (Wildman–Crippen MR) is 102 cm³/mol. The van der Waals surface area contributed by atoms with Gasteiger partial charge in [-0.3, -0.25) is 4.79 Å². The van der Waals surface area contributed by atoms with Gasteiger partial charge < -0.3 is 34.6 Å². The Labute approximate surface area is 160 Å². The van der Waals surface area contributed by atoms with E-state index in [-0.39, 0.29) is 19.0 Å². The van der Waals surface area contributed by atoms with Crippen molar-refractivity contribution < 1.29 is 29.6 Å². The molecule has 0 radical (unpaired) electrons. The number of rotatable bonds is 12. The Kier molecular flexibility index (Phi) is 10.1. The van der Waals surface area contributed by atoms with Crippen LogP contribution in [0.2, 0.25) is 0 Å². The summed E-state index contributed by atoms with van der Waals surface area (Å²) < 4.78 is 10.6. The standard InChI is InChI=1S/C19H32N2O6/c1-20(2)9-5-6-19(25)21(12-16(23)17(24)13-22)11-14-7-8-15(26-3)10-18(14)27-4/h7-8,10,16-17,22-24H,5-6,9,11-13H2,1-4H3. The van der Waals surface area contributed by atoms with Gasteiger partial charge in [0, 0.05) is 31.1 Å². The average Bonchev–Trinajstić information content (AvgIpc) is 2.66. The molecule has 0 aliphatic heterocycles. The first-order chi connectivity index (χ1) is 12.8. The van der Waals surface area contributed by atoms with Crippen molar-refractivity contribution in [1.29, 1.82) is 0 Å². The van der Waals surface area contributed by atoms with Crippen LogP contribution in [-0.2, 0) is 11.3 Å². The zero-order valence-electron chi connectivity index (χ0n) is 16.6. The lowest BCUT2D eigenvalue weighted by Crippen LogP contribution is -2.43. The van der Waals surface area contributed by atoms with Crippen LogP contribution in [-0.4, -0.2) is 91.2 Å². The van der Waals surface area contributed by atoms with Gasteiger partial charge in [0.2, 0.25) is 5.91 Å². The smallest absolute Gasteiger partial charge is 0.223 e. The Morgan fingerprint density at radius 2 is 1.85 bits per heavy atom. The SMILES string of the molecule is COc1ccc(CN(CC(O)C(O)CO)C(=O)CCCN(C)C)c(OC)c1. The van der Waals surface area contributed by atoms with Crippen molar-refractivity contribution >= 4 is 5.91 Å². The predicted octanol–water partition coefficient (Wildman–Crippen LogP) is 0.0883. The maximum atomic E-state index is 12.7. The molecule has 154 valence electrons. The van der Waals surface area contributed by atoms with Crippen molar-refractivity contribution in [2.24, 2.45) is 0 Å². The van der Waals surface area contributed by atoms with E-state index in [1.807, 2.05) is 19.0 Å². The van der Waals surface area contributed by atoms with Gasteiger partial charge in [-0.1, -0.05) is 0 Å². The van der Waals surface area contributed by atoms with Crippen LogP contribution in [0.25, 0.3) is 0 Å². The van der Waals surface area contributed by atoms with Crippen LogP contribution < -0.4 is 9.47 Å². The lowest BCUT2D eigenvalue weighted by atomic mass is 10.1. The number of ether oxygens (including phenoxy) is 2. The van der Waals surface area contributed by atoms with E-state index in [9.17, 15) is 15.0 Å². The number of nitrogens with zero attached hydrogens (tertiary/aromatic N) is 2. The van der Waals surface area contributed by atoms with Gasteiger partial charge >= 0.3 is 0 Å². The fraction of sp³-hybridized carbons (Fsp3) is 0.632. The largest absolute Gasteiger partial charge is 0.497 e. The summed E-state index contributed by atoms with van der Waals surface area (Å²) in [5.41, 5.74) is 0.755. The minimum Gasteiger partial charge on any atom is -0.497 e. The highest BCUT2D eigenvalue weighted by atomic mass is 16.5. The third-order valence-electron chi connectivity index (χ3n) is 4.24. The highest BCUT2D eigenvalue weighted by molar-refractivity contribution is 5.76. The number of hydrogen-bond donors (Lipinski definition) is 3. The van der Waals surface area contributed by atoms with Gasteiger partial charge in [0.1, 0.15) is 17.6 Å². The van der Waals surface area contributed by atoms with E-state index in [0.29, 0.717) is 24.3 Å². The van der Waals surface area contributed by atoms with Crippen LogP contribution in [0.15, 0.2) is 18.2 Å². The Hall–Kier alpha value is -1.87. The van der Waals surface area contributed by atoms with Crippen LogP contribution in [0, 0.1) is 0 Å². The molecular formula is C19H32N2O6. The number of carbonyl (C=O) groups excluding carboxylic acids is 1. The van der Waals surface area contributed by atoms with E-state index >= 15 is 0 Å². The highest BCUT2D eigenvalue weighted by Crippen LogP contribution is 2.26. The summed E-state index contributed by atoms with van der Waals surface area (Å²) in [6.07, 6.45) is -1.55. The Bertz CT molecular complexity index is 581. The summed E-state index contributed by atoms with van der Waals surface area (Å²) in [7, 11) is 6.96. The van der Waals surface area contributed by atoms with Crippen LogP contribution in [0.3, 0.4) is 0 Å². The minimum absolute atomic E-state index is 0.0856. The van der Waals surface area contributed by atoms with Crippen LogP contribution in [0.1, 0.15) is 18.4 Å². The van der Waals surface area contributed by atoms with E-state index in [1.54, 1.807) is 25.3 Å². The van der Waals surface area contributed by atoms with Gasteiger partial charge in [-0.05, 0) is 39.2 Å². The lowest BCUT2D eigenvalue weighted by molar-refractivity contribution is -0.135. The second-order valence-corrected chi connectivity index (χ2v) is 6.68. The van der Waals surface area contributed by atoms with Crippen molar-refractivity contribution in [3.8, 4) is 11.5 Å². The fourth-order valence-electron chi connectivity index (χ4n) is 2.62. The maximum absolute atomic E-state index is 12.7. The molecule has 0 aliphatic carbocycles. The summed E-state index contributed by atoms with van der Waals surface area (Å²) in [6.45, 7) is 0.323. The van der Waals surface area contributed by atoms with Crippen molar-refractivity contribution in [2.75, 3.05) is 48.0 Å². The quantitative estimate of drug-likeness (QED) is 0.469. The van der Waals surface area contributed by atoms with Gasteiger partial charge in [-0.2, -0.15) is 0 Å². The average molecular weight is 384 g/mol. The molecule has 3 N–H and O–H groups in total. The monoisotopic (exact) mass is 384 g/mol. The lowest BCUT2D eigenvalue weighted by Gasteiger charge is -2.28. The summed E-state index contributed by atoms with van der Waals surface area (Å²) in [5, 5.41) is 28.8. The van der Waals surface area contributed by atoms with Gasteiger partial charge in [0.25, 0.3) is 0 Å². The van der Waals surface area contributed by atoms with E-state index in [2.05, 4.69) is 0 Å². The molecule has 27 heavy (non-hydrogen) atoms. The number of carbonyl (C=O) groups is 1. The molecule has 1 aromatic carbocycles. The first kappa shape index (κ1) is 23.2. The second kappa shape index (κ2) is 11.8. The summed E-state index contributed by atoms with van der Waals surface area (Å²) in [6, 6.07) is 5.29. The first-order valence-electron chi connectivity index (χ1n) is 8.92. The van der Waals surface area contributed by atoms with E-state index in [0.717, 1.165) is 12.1 Å². The molecule has 0 aliphatic rings. The minimum atomic E-state index is -1.31. The zero-order chi connectivity index (χ0) is 20.4. The molecule has 2 atom stereocenters. The fourth-order valence-corrected chi connectivity index (χ4v) is 2.62. The highest BCUT2D eigenvalue weighted by Gasteiger charge is 2.23. The molecular weight excluding hydrogens is 352 g/mol. The van der Waals surface area contributed by atoms with Crippen LogP contribution in [0.5, 0.6) is 11.5 Å². The van der Waals surface area contributed by atoms with Crippen molar-refractivity contribution in [1.82, 2.24) is 9.80 Å². The number of aliphatic hydroxyl groups is 3. The molecule has 0 spiro atoms. The molecule has 0 fully saturated rings. The molecule has 1 amide bonds. The van der Waals surface area contributed by atoms with Crippen LogP contribution >= 0.6 is 0 Å². The van der Waals surface area contributed by atoms with E-state index < -0.39 is 18.8 Å². The van der Waals surface area contributed by atoms with Gasteiger partial charge in [-0.15, -0.1) is 0 Å². The van der Waals surface area contributed by atoms with Gasteiger partial charge in [-0.25, -0.2) is 0 Å². The third kappa shape index (κ3) is 7.72. The van der Waals surface area contributed by atoms with Crippen molar-refractivity contribution in [3.63, 3.8) is 0 Å². The number of aliphatic hydroxyl groups excluding tert-OH is 3. The summed E-state index contributed by atoms with van der Waals surface area (Å²) in [5.74, 6) is 1.06. The normalized spacial score (nSPS) is 13.3. The second-order valence-electron chi connectivity index (χ2n) is 6.68. The zero-order valence-corrected chi connectivity index (χ0v) is 16.6. The number of amides is 1. The molecule has 0 saturated carbocycles. The van der Waals surface area contributed by atoms with Crippen molar-refractivity contribution in [3.05, 3.63) is 23.8 Å². The molecule has 8 nitrogen and oxygen atoms in total. The molecule has 0 saturated heterocycles. The molecule has 0 heterocycles. The van der Waals surface area contributed by atoms with Crippen molar-refractivity contribution in [2.45, 2.75) is 31.6 Å². The topological polar surface area (TPSA) is 103 Å². The molecule has 1 aromatic rings. The summed E-state index contributed by atoms with van der Waals surface area (Å²) in [4.78, 5) is 16.2. The number of methoxy groups -OCH3 is 2. The Morgan fingerprint density at radius 1 is 1.15 bits per heavy atom. The first-order valence-corrected chi connectivity index (χ1v) is 8.92. The summed E-state index contributed by atoms with van der Waals surface area (Å²) >= 11 is 0. The third-order valence-corrected chi connectivity index (χ3v) is 4.24. The van der Waals surface area contributed by atoms with E-state index in [4.69, 9.17) is 14.6 Å². The number of benzene rings is 1. The van der Waals surface area contributed by atoms with Gasteiger partial charge in [0.05, 0.1) is 26.9 Å². The maximum Gasteiger partial charge on any atom is 0.223 e. The van der Waals surface area contributed by atoms with E-state index in [1.165, 1.54) is 12.0 Å². The molecule has 0 bridgehead atoms. The molecule has 1 rings (SSSR count). The van der Waals surface area contributed by atoms with Gasteiger partial charge in [0.15, 0.2) is 0 Å². The Balaban J connectivity index is 2.94. The molecule has 8 heteroatoms.